The summed E-state index contributed by atoms with van der Waals surface area (Å²) >= 11 is 0. The van der Waals surface area contributed by atoms with Gasteiger partial charge in [-0.05, 0) is 42.0 Å². The fraction of sp³-hybridized carbons (Fsp3) is 0.167. The Morgan fingerprint density at radius 1 is 0.875 bits per heavy atom. The largest absolute Gasteiger partial charge is 0.465 e. The molecule has 2 rings (SSSR count). The maximum atomic E-state index is 12.0. The molecule has 2 amide bonds. The van der Waals surface area contributed by atoms with Gasteiger partial charge >= 0.3 is 5.97 Å². The minimum absolute atomic E-state index is 0.143. The molecule has 0 aliphatic rings. The number of carbonyl (C=O) groups excluding carboxylic acids is 3. The molecule has 2 N–H and O–H groups in total. The summed E-state index contributed by atoms with van der Waals surface area (Å²) in [5.74, 6) is -0.740. The Labute approximate surface area is 139 Å². The third-order valence-corrected chi connectivity index (χ3v) is 3.23. The summed E-state index contributed by atoms with van der Waals surface area (Å²) in [5.41, 5.74) is 2.53. The number of hydrogen-bond donors (Lipinski definition) is 2. The third-order valence-electron chi connectivity index (χ3n) is 3.23. The number of benzene rings is 2. The summed E-state index contributed by atoms with van der Waals surface area (Å²) in [7, 11) is 1.31. The van der Waals surface area contributed by atoms with Gasteiger partial charge in [-0.1, -0.05) is 12.1 Å². The van der Waals surface area contributed by atoms with E-state index in [1.165, 1.54) is 14.0 Å². The number of amides is 2. The lowest BCUT2D eigenvalue weighted by atomic mass is 10.1. The van der Waals surface area contributed by atoms with Crippen molar-refractivity contribution in [1.29, 1.82) is 0 Å². The van der Waals surface area contributed by atoms with Crippen LogP contribution in [-0.2, 0) is 20.7 Å². The highest BCUT2D eigenvalue weighted by Crippen LogP contribution is 2.13. The average molecular weight is 326 g/mol. The van der Waals surface area contributed by atoms with Crippen LogP contribution < -0.4 is 10.6 Å². The van der Waals surface area contributed by atoms with Crippen LogP contribution in [0.15, 0.2) is 48.5 Å². The lowest BCUT2D eigenvalue weighted by Gasteiger charge is -2.07. The lowest BCUT2D eigenvalue weighted by molar-refractivity contribution is -0.116. The van der Waals surface area contributed by atoms with Crippen molar-refractivity contribution in [2.75, 3.05) is 17.7 Å². The molecule has 2 aromatic rings. The Morgan fingerprint density at radius 3 is 1.96 bits per heavy atom. The number of ether oxygens (including phenoxy) is 1. The molecule has 0 atom stereocenters. The topological polar surface area (TPSA) is 84.5 Å². The van der Waals surface area contributed by atoms with Crippen molar-refractivity contribution in [1.82, 2.24) is 0 Å². The molecule has 124 valence electrons. The number of rotatable bonds is 5. The Balaban J connectivity index is 1.93. The van der Waals surface area contributed by atoms with Crippen LogP contribution in [0.25, 0.3) is 0 Å². The standard InChI is InChI=1S/C18H18N2O4/c1-12(21)19-15-7-3-13(4-8-15)11-17(22)20-16-9-5-14(6-10-16)18(23)24-2/h3-10H,11H2,1-2H3,(H,19,21)(H,20,22). The van der Waals surface area contributed by atoms with Gasteiger partial charge in [0.15, 0.2) is 0 Å². The molecule has 0 saturated heterocycles. The zero-order valence-corrected chi connectivity index (χ0v) is 13.5. The van der Waals surface area contributed by atoms with Gasteiger partial charge in [-0.3, -0.25) is 9.59 Å². The molecule has 0 fully saturated rings. The van der Waals surface area contributed by atoms with Gasteiger partial charge in [0, 0.05) is 18.3 Å². The van der Waals surface area contributed by atoms with Gasteiger partial charge < -0.3 is 15.4 Å². The molecule has 0 saturated carbocycles. The normalized spacial score (nSPS) is 9.92. The SMILES string of the molecule is COC(=O)c1ccc(NC(=O)Cc2ccc(NC(C)=O)cc2)cc1. The van der Waals surface area contributed by atoms with E-state index >= 15 is 0 Å². The Morgan fingerprint density at radius 2 is 1.42 bits per heavy atom. The summed E-state index contributed by atoms with van der Waals surface area (Å²) < 4.78 is 4.62. The maximum absolute atomic E-state index is 12.0. The molecular weight excluding hydrogens is 308 g/mol. The number of carbonyl (C=O) groups is 3. The second-order valence-corrected chi connectivity index (χ2v) is 5.17. The van der Waals surface area contributed by atoms with E-state index in [0.29, 0.717) is 16.9 Å². The fourth-order valence-electron chi connectivity index (χ4n) is 2.11. The molecular formula is C18H18N2O4. The van der Waals surface area contributed by atoms with E-state index in [1.54, 1.807) is 48.5 Å². The second-order valence-electron chi connectivity index (χ2n) is 5.17. The predicted octanol–water partition coefficient (Wildman–Crippen LogP) is 2.61. The molecule has 0 aliphatic heterocycles. The molecule has 0 unspecified atom stereocenters. The van der Waals surface area contributed by atoms with Gasteiger partial charge in [0.2, 0.25) is 11.8 Å². The molecule has 6 nitrogen and oxygen atoms in total. The van der Waals surface area contributed by atoms with Crippen molar-refractivity contribution in [2.45, 2.75) is 13.3 Å². The van der Waals surface area contributed by atoms with E-state index in [4.69, 9.17) is 0 Å². The Kier molecular flexibility index (Phi) is 5.68. The smallest absolute Gasteiger partial charge is 0.337 e. The van der Waals surface area contributed by atoms with E-state index in [1.807, 2.05) is 0 Å². The average Bonchev–Trinajstić information content (AvgIpc) is 2.56. The summed E-state index contributed by atoms with van der Waals surface area (Å²) in [6.07, 6.45) is 0.207. The Hall–Kier alpha value is -3.15. The number of anilines is 2. The van der Waals surface area contributed by atoms with E-state index in [0.717, 1.165) is 5.56 Å². The molecule has 0 spiro atoms. The van der Waals surface area contributed by atoms with Gasteiger partial charge in [0.1, 0.15) is 0 Å². The van der Waals surface area contributed by atoms with Crippen LogP contribution in [-0.4, -0.2) is 24.9 Å². The lowest BCUT2D eigenvalue weighted by Crippen LogP contribution is -2.14. The molecule has 0 heterocycles. The third kappa shape index (κ3) is 4.95. The van der Waals surface area contributed by atoms with Crippen LogP contribution in [0.5, 0.6) is 0 Å². The van der Waals surface area contributed by atoms with E-state index in [-0.39, 0.29) is 18.2 Å². The second kappa shape index (κ2) is 7.92. The molecule has 0 bridgehead atoms. The summed E-state index contributed by atoms with van der Waals surface area (Å²) in [6, 6.07) is 13.5. The van der Waals surface area contributed by atoms with Gasteiger partial charge in [-0.25, -0.2) is 4.79 Å². The first-order valence-corrected chi connectivity index (χ1v) is 7.32. The molecule has 0 radical (unpaired) electrons. The fourth-order valence-corrected chi connectivity index (χ4v) is 2.11. The van der Waals surface area contributed by atoms with E-state index < -0.39 is 5.97 Å². The highest BCUT2D eigenvalue weighted by atomic mass is 16.5. The first kappa shape index (κ1) is 17.2. The zero-order chi connectivity index (χ0) is 17.5. The van der Waals surface area contributed by atoms with Gasteiger partial charge in [-0.2, -0.15) is 0 Å². The minimum atomic E-state index is -0.424. The molecule has 24 heavy (non-hydrogen) atoms. The van der Waals surface area contributed by atoms with E-state index in [2.05, 4.69) is 15.4 Å². The van der Waals surface area contributed by atoms with Crippen LogP contribution in [0.4, 0.5) is 11.4 Å². The van der Waals surface area contributed by atoms with Crippen molar-refractivity contribution in [3.8, 4) is 0 Å². The van der Waals surface area contributed by atoms with E-state index in [9.17, 15) is 14.4 Å². The van der Waals surface area contributed by atoms with Crippen LogP contribution in [0.1, 0.15) is 22.8 Å². The van der Waals surface area contributed by atoms with Crippen molar-refractivity contribution in [3.05, 3.63) is 59.7 Å². The van der Waals surface area contributed by atoms with Crippen molar-refractivity contribution < 1.29 is 19.1 Å². The first-order chi connectivity index (χ1) is 11.5. The van der Waals surface area contributed by atoms with Crippen LogP contribution in [0, 0.1) is 0 Å². The monoisotopic (exact) mass is 326 g/mol. The highest BCUT2D eigenvalue weighted by Gasteiger charge is 2.07. The highest BCUT2D eigenvalue weighted by molar-refractivity contribution is 5.94. The quantitative estimate of drug-likeness (QED) is 0.827. The Bertz CT molecular complexity index is 737. The summed E-state index contributed by atoms with van der Waals surface area (Å²) in [4.78, 5) is 34.4. The van der Waals surface area contributed by atoms with Crippen molar-refractivity contribution in [2.24, 2.45) is 0 Å². The number of nitrogens with one attached hydrogen (secondary N) is 2. The minimum Gasteiger partial charge on any atom is -0.465 e. The van der Waals surface area contributed by atoms with Crippen LogP contribution >= 0.6 is 0 Å². The van der Waals surface area contributed by atoms with Crippen molar-refractivity contribution >= 4 is 29.2 Å². The van der Waals surface area contributed by atoms with Crippen LogP contribution in [0.3, 0.4) is 0 Å². The molecule has 6 heteroatoms. The van der Waals surface area contributed by atoms with Gasteiger partial charge in [0.25, 0.3) is 0 Å². The maximum Gasteiger partial charge on any atom is 0.337 e. The summed E-state index contributed by atoms with van der Waals surface area (Å²) in [6.45, 7) is 1.44. The van der Waals surface area contributed by atoms with Crippen molar-refractivity contribution in [3.63, 3.8) is 0 Å². The number of methoxy groups -OCH3 is 1. The van der Waals surface area contributed by atoms with Gasteiger partial charge in [0.05, 0.1) is 19.1 Å². The molecule has 2 aromatic carbocycles. The number of hydrogen-bond acceptors (Lipinski definition) is 4. The van der Waals surface area contributed by atoms with Crippen LogP contribution in [0.2, 0.25) is 0 Å². The predicted molar refractivity (Wildman–Crippen MR) is 90.9 cm³/mol. The molecule has 0 aliphatic carbocycles. The van der Waals surface area contributed by atoms with Gasteiger partial charge in [-0.15, -0.1) is 0 Å². The molecule has 0 aromatic heterocycles. The first-order valence-electron chi connectivity index (χ1n) is 7.32. The number of esters is 1. The zero-order valence-electron chi connectivity index (χ0n) is 13.5. The summed E-state index contributed by atoms with van der Waals surface area (Å²) in [5, 5.41) is 5.43.